The normalized spacial score (nSPS) is 13.2. The number of nitrogens with one attached hydrogen (secondary N) is 1. The van der Waals surface area contributed by atoms with E-state index in [1.165, 1.54) is 12.1 Å². The molecule has 0 spiro atoms. The molecule has 8 nitrogen and oxygen atoms in total. The molecule has 4 rings (SSSR count). The Morgan fingerprint density at radius 3 is 2.67 bits per heavy atom. The molecule has 3 aromatic rings. The number of hydrogen-bond acceptors (Lipinski definition) is 8. The number of pyridine rings is 1. The highest BCUT2D eigenvalue weighted by atomic mass is 19.1. The number of aromatic nitrogens is 3. The Labute approximate surface area is 191 Å². The summed E-state index contributed by atoms with van der Waals surface area (Å²) in [6.07, 6.45) is 4.75. The molecule has 2 aromatic heterocycles. The number of halogens is 1. The van der Waals surface area contributed by atoms with E-state index >= 15 is 0 Å². The summed E-state index contributed by atoms with van der Waals surface area (Å²) in [6.45, 7) is 1.34. The summed E-state index contributed by atoms with van der Waals surface area (Å²) < 4.78 is 23.9. The van der Waals surface area contributed by atoms with E-state index in [0.717, 1.165) is 28.8 Å². The first-order valence-corrected chi connectivity index (χ1v) is 10.5. The third-order valence-corrected chi connectivity index (χ3v) is 5.21. The van der Waals surface area contributed by atoms with E-state index in [9.17, 15) is 4.39 Å². The molecule has 0 amide bonds. The lowest BCUT2D eigenvalue weighted by Gasteiger charge is -2.10. The predicted molar refractivity (Wildman–Crippen MR) is 127 cm³/mol. The molecule has 3 N–H and O–H groups in total. The monoisotopic (exact) mass is 448 g/mol. The van der Waals surface area contributed by atoms with Crippen LogP contribution in [0.15, 0.2) is 53.8 Å². The molecule has 33 heavy (non-hydrogen) atoms. The van der Waals surface area contributed by atoms with Gasteiger partial charge in [0.2, 0.25) is 5.95 Å². The molecular formula is C24H25FN6O2. The van der Waals surface area contributed by atoms with Gasteiger partial charge in [-0.15, -0.1) is 0 Å². The van der Waals surface area contributed by atoms with E-state index in [-0.39, 0.29) is 5.82 Å². The summed E-state index contributed by atoms with van der Waals surface area (Å²) >= 11 is 0. The second-order valence-corrected chi connectivity index (χ2v) is 7.42. The van der Waals surface area contributed by atoms with Crippen LogP contribution in [0.5, 0.6) is 5.75 Å². The highest BCUT2D eigenvalue weighted by molar-refractivity contribution is 6.16. The second kappa shape index (κ2) is 10.2. The van der Waals surface area contributed by atoms with Gasteiger partial charge < -0.3 is 20.5 Å². The Balaban J connectivity index is 1.72. The zero-order chi connectivity index (χ0) is 23.2. The molecule has 1 aliphatic heterocycles. The summed E-state index contributed by atoms with van der Waals surface area (Å²) in [4.78, 5) is 18.1. The van der Waals surface area contributed by atoms with Crippen LogP contribution in [-0.4, -0.2) is 48.0 Å². The third kappa shape index (κ3) is 5.15. The van der Waals surface area contributed by atoms with Crippen LogP contribution >= 0.6 is 0 Å². The fraction of sp³-hybridized carbons (Fsp3) is 0.250. The average molecular weight is 449 g/mol. The zero-order valence-corrected chi connectivity index (χ0v) is 18.5. The number of allylic oxidation sites excluding steroid dienone is 1. The van der Waals surface area contributed by atoms with E-state index < -0.39 is 0 Å². The number of ether oxygens (including phenoxy) is 2. The van der Waals surface area contributed by atoms with Crippen molar-refractivity contribution in [1.29, 1.82) is 0 Å². The van der Waals surface area contributed by atoms with E-state index in [2.05, 4.69) is 20.3 Å². The smallest absolute Gasteiger partial charge is 0.223 e. The van der Waals surface area contributed by atoms with Crippen LogP contribution < -0.4 is 15.8 Å². The fourth-order valence-corrected chi connectivity index (χ4v) is 3.53. The van der Waals surface area contributed by atoms with Crippen molar-refractivity contribution < 1.29 is 13.9 Å². The number of rotatable bonds is 9. The van der Waals surface area contributed by atoms with Gasteiger partial charge >= 0.3 is 0 Å². The van der Waals surface area contributed by atoms with E-state index in [4.69, 9.17) is 20.2 Å². The first-order chi connectivity index (χ1) is 16.1. The maximum Gasteiger partial charge on any atom is 0.223 e. The predicted octanol–water partition coefficient (Wildman–Crippen LogP) is 3.81. The topological polar surface area (TPSA) is 108 Å². The zero-order valence-electron chi connectivity index (χ0n) is 18.5. The van der Waals surface area contributed by atoms with Gasteiger partial charge in [0, 0.05) is 44.6 Å². The molecule has 3 heterocycles. The summed E-state index contributed by atoms with van der Waals surface area (Å²) in [6, 6.07) is 9.95. The summed E-state index contributed by atoms with van der Waals surface area (Å²) in [5.41, 5.74) is 10.7. The molecule has 170 valence electrons. The van der Waals surface area contributed by atoms with Crippen molar-refractivity contribution >= 4 is 28.7 Å². The lowest BCUT2D eigenvalue weighted by Crippen LogP contribution is -2.08. The number of benzene rings is 1. The van der Waals surface area contributed by atoms with Crippen molar-refractivity contribution in [3.63, 3.8) is 0 Å². The summed E-state index contributed by atoms with van der Waals surface area (Å²) in [5.74, 6) is 1.01. The number of hydrogen-bond donors (Lipinski definition) is 2. The SMILES string of the molecule is COCCCNc1nccc(C2=C(c3cnc(N)c(OC)c3)CC(c3ccc(F)cc3)=N2)n1. The van der Waals surface area contributed by atoms with Gasteiger partial charge in [0.05, 0.1) is 24.2 Å². The third-order valence-electron chi connectivity index (χ3n) is 5.21. The second-order valence-electron chi connectivity index (χ2n) is 7.42. The molecule has 0 aliphatic carbocycles. The van der Waals surface area contributed by atoms with Crippen LogP contribution in [0.2, 0.25) is 0 Å². The first-order valence-electron chi connectivity index (χ1n) is 10.5. The van der Waals surface area contributed by atoms with Gasteiger partial charge in [0.15, 0.2) is 11.6 Å². The van der Waals surface area contributed by atoms with Crippen molar-refractivity contribution in [3.05, 3.63) is 71.4 Å². The molecule has 0 unspecified atom stereocenters. The van der Waals surface area contributed by atoms with Crippen molar-refractivity contribution in [2.45, 2.75) is 12.8 Å². The molecule has 0 bridgehead atoms. The lowest BCUT2D eigenvalue weighted by molar-refractivity contribution is 0.197. The Morgan fingerprint density at radius 2 is 1.91 bits per heavy atom. The van der Waals surface area contributed by atoms with Crippen molar-refractivity contribution in [1.82, 2.24) is 15.0 Å². The van der Waals surface area contributed by atoms with E-state index in [1.54, 1.807) is 38.7 Å². The number of nitrogens with zero attached hydrogens (tertiary/aromatic N) is 4. The van der Waals surface area contributed by atoms with Crippen LogP contribution in [0.3, 0.4) is 0 Å². The van der Waals surface area contributed by atoms with Crippen molar-refractivity contribution in [3.8, 4) is 5.75 Å². The molecule has 0 fully saturated rings. The van der Waals surface area contributed by atoms with Crippen LogP contribution in [0.4, 0.5) is 16.2 Å². The minimum Gasteiger partial charge on any atom is -0.493 e. The maximum atomic E-state index is 13.5. The Kier molecular flexibility index (Phi) is 6.89. The van der Waals surface area contributed by atoms with Crippen LogP contribution in [0.1, 0.15) is 29.7 Å². The molecule has 9 heteroatoms. The Morgan fingerprint density at radius 1 is 1.09 bits per heavy atom. The molecule has 1 aliphatic rings. The van der Waals surface area contributed by atoms with E-state index in [0.29, 0.717) is 48.5 Å². The number of nitrogen functional groups attached to an aromatic ring is 1. The van der Waals surface area contributed by atoms with E-state index in [1.807, 2.05) is 12.1 Å². The van der Waals surface area contributed by atoms with Crippen LogP contribution in [0, 0.1) is 5.82 Å². The molecule has 1 aromatic carbocycles. The molecule has 0 radical (unpaired) electrons. The van der Waals surface area contributed by atoms with Gasteiger partial charge in [-0.3, -0.25) is 0 Å². The Bertz CT molecular complexity index is 1190. The van der Waals surface area contributed by atoms with Gasteiger partial charge in [-0.1, -0.05) is 12.1 Å². The summed E-state index contributed by atoms with van der Waals surface area (Å²) in [7, 11) is 3.22. The van der Waals surface area contributed by atoms with Gasteiger partial charge in [0.25, 0.3) is 0 Å². The molecule has 0 saturated heterocycles. The summed E-state index contributed by atoms with van der Waals surface area (Å²) in [5, 5.41) is 3.21. The minimum atomic E-state index is -0.293. The lowest BCUT2D eigenvalue weighted by atomic mass is 9.98. The molecule has 0 atom stereocenters. The molecular weight excluding hydrogens is 423 g/mol. The van der Waals surface area contributed by atoms with Gasteiger partial charge in [-0.25, -0.2) is 24.3 Å². The quantitative estimate of drug-likeness (QED) is 0.479. The van der Waals surface area contributed by atoms with Gasteiger partial charge in [-0.05, 0) is 41.8 Å². The van der Waals surface area contributed by atoms with Gasteiger partial charge in [-0.2, -0.15) is 0 Å². The number of nitrogens with two attached hydrogens (primary N) is 1. The molecule has 0 saturated carbocycles. The van der Waals surface area contributed by atoms with Gasteiger partial charge in [0.1, 0.15) is 5.82 Å². The Hall–Kier alpha value is -3.85. The first kappa shape index (κ1) is 22.3. The van der Waals surface area contributed by atoms with Crippen molar-refractivity contribution in [2.75, 3.05) is 38.4 Å². The van der Waals surface area contributed by atoms with Crippen molar-refractivity contribution in [2.24, 2.45) is 4.99 Å². The highest BCUT2D eigenvalue weighted by Gasteiger charge is 2.24. The average Bonchev–Trinajstić information content (AvgIpc) is 3.28. The minimum absolute atomic E-state index is 0.293. The largest absolute Gasteiger partial charge is 0.493 e. The standard InChI is InChI=1S/C24H25FN6O2/c1-32-11-3-9-27-24-28-10-8-19(31-24)22-18(16-12-21(33-2)23(26)29-14-16)13-20(30-22)15-4-6-17(25)7-5-15/h4-8,10,12,14H,3,9,11,13H2,1-2H3,(H2,26,29)(H,27,28,31). The van der Waals surface area contributed by atoms with Crippen LogP contribution in [0.25, 0.3) is 11.3 Å². The highest BCUT2D eigenvalue weighted by Crippen LogP contribution is 2.38. The maximum absolute atomic E-state index is 13.5. The number of aliphatic imine (C=N–C) groups is 1. The van der Waals surface area contributed by atoms with Crippen LogP contribution in [-0.2, 0) is 4.74 Å². The number of anilines is 2. The fourth-order valence-electron chi connectivity index (χ4n) is 3.53. The number of methoxy groups -OCH3 is 2.